The fraction of sp³-hybridized carbons (Fsp3) is 0.150. The maximum Gasteiger partial charge on any atom is 0.278 e. The Balaban J connectivity index is 1.63. The van der Waals surface area contributed by atoms with Gasteiger partial charge in [0.15, 0.2) is 0 Å². The average Bonchev–Trinajstić information content (AvgIpc) is 2.91. The van der Waals surface area contributed by atoms with E-state index in [2.05, 4.69) is 15.3 Å². The van der Waals surface area contributed by atoms with E-state index in [1.807, 2.05) is 54.6 Å². The highest BCUT2D eigenvalue weighted by atomic mass is 16.2. The molecule has 4 rings (SSSR count). The number of nitrogens with zero attached hydrogens (tertiary/aromatic N) is 3. The van der Waals surface area contributed by atoms with Crippen LogP contribution in [0.4, 0.5) is 5.69 Å². The maximum atomic E-state index is 13.0. The molecule has 0 fully saturated rings. The summed E-state index contributed by atoms with van der Waals surface area (Å²) in [5.41, 5.74) is 4.15. The Hall–Kier alpha value is -3.05. The van der Waals surface area contributed by atoms with Crippen LogP contribution in [0.5, 0.6) is 0 Å². The van der Waals surface area contributed by atoms with Gasteiger partial charge in [0.05, 0.1) is 18.1 Å². The summed E-state index contributed by atoms with van der Waals surface area (Å²) in [5, 5.41) is 3.34. The number of benzene rings is 2. The Morgan fingerprint density at radius 1 is 0.960 bits per heavy atom. The number of carbonyl (C=O) groups is 1. The zero-order chi connectivity index (χ0) is 17.1. The monoisotopic (exact) mass is 330 g/mol. The molecule has 2 aromatic carbocycles. The van der Waals surface area contributed by atoms with Gasteiger partial charge in [-0.2, -0.15) is 0 Å². The molecule has 0 radical (unpaired) electrons. The van der Waals surface area contributed by atoms with Gasteiger partial charge in [-0.25, -0.2) is 4.98 Å². The molecule has 25 heavy (non-hydrogen) atoms. The lowest BCUT2D eigenvalue weighted by molar-refractivity contribution is 0.0982. The average molecular weight is 330 g/mol. The fourth-order valence-electron chi connectivity index (χ4n) is 3.00. The minimum atomic E-state index is -0.122. The van der Waals surface area contributed by atoms with Gasteiger partial charge in [0, 0.05) is 30.9 Å². The van der Waals surface area contributed by atoms with E-state index in [0.29, 0.717) is 12.2 Å². The largest absolute Gasteiger partial charge is 0.311 e. The number of fused-ring (bicyclic) bond motifs is 1. The topological polar surface area (TPSA) is 58.1 Å². The molecule has 5 nitrogen and oxygen atoms in total. The molecule has 0 aliphatic carbocycles. The predicted molar refractivity (Wildman–Crippen MR) is 97.3 cm³/mol. The summed E-state index contributed by atoms with van der Waals surface area (Å²) < 4.78 is 0. The molecular formula is C20H18N4O. The van der Waals surface area contributed by atoms with Crippen molar-refractivity contribution >= 4 is 11.6 Å². The van der Waals surface area contributed by atoms with Crippen LogP contribution in [0.15, 0.2) is 67.0 Å². The molecule has 0 spiro atoms. The van der Waals surface area contributed by atoms with Crippen molar-refractivity contribution in [2.45, 2.75) is 6.54 Å². The van der Waals surface area contributed by atoms with Gasteiger partial charge in [0.2, 0.25) is 0 Å². The lowest BCUT2D eigenvalue weighted by Gasteiger charge is -2.22. The molecule has 1 aliphatic heterocycles. The molecule has 1 aromatic heterocycles. The number of hydrogen-bond donors (Lipinski definition) is 1. The standard InChI is InChI=1S/C20H18N4O/c25-20(24-11-10-21-12-16-8-4-5-9-19(16)24)18-14-22-17(13-23-18)15-6-2-1-3-7-15/h1-9,13-14,21H,10-12H2. The molecule has 0 saturated carbocycles. The number of carbonyl (C=O) groups excluding carboxylic acids is 1. The summed E-state index contributed by atoms with van der Waals surface area (Å²) >= 11 is 0. The molecule has 0 unspecified atom stereocenters. The summed E-state index contributed by atoms with van der Waals surface area (Å²) in [6.45, 7) is 2.12. The van der Waals surface area contributed by atoms with Crippen LogP contribution in [-0.2, 0) is 6.54 Å². The van der Waals surface area contributed by atoms with Crippen molar-refractivity contribution in [2.75, 3.05) is 18.0 Å². The summed E-state index contributed by atoms with van der Waals surface area (Å²) in [6.07, 6.45) is 3.22. The summed E-state index contributed by atoms with van der Waals surface area (Å²) in [6, 6.07) is 17.8. The number of hydrogen-bond acceptors (Lipinski definition) is 4. The van der Waals surface area contributed by atoms with Crippen LogP contribution in [0.1, 0.15) is 16.1 Å². The van der Waals surface area contributed by atoms with Crippen LogP contribution in [0.3, 0.4) is 0 Å². The van der Waals surface area contributed by atoms with Crippen LogP contribution in [0, 0.1) is 0 Å². The van der Waals surface area contributed by atoms with Crippen molar-refractivity contribution in [2.24, 2.45) is 0 Å². The first-order chi connectivity index (χ1) is 12.3. The van der Waals surface area contributed by atoms with Crippen molar-refractivity contribution in [3.8, 4) is 11.3 Å². The van der Waals surface area contributed by atoms with Crippen LogP contribution in [0.25, 0.3) is 11.3 Å². The molecule has 0 atom stereocenters. The zero-order valence-corrected chi connectivity index (χ0v) is 13.7. The summed E-state index contributed by atoms with van der Waals surface area (Å²) in [5.74, 6) is -0.122. The second kappa shape index (κ2) is 6.83. The molecular weight excluding hydrogens is 312 g/mol. The Morgan fingerprint density at radius 3 is 2.56 bits per heavy atom. The van der Waals surface area contributed by atoms with Crippen molar-refractivity contribution < 1.29 is 4.79 Å². The number of anilines is 1. The van der Waals surface area contributed by atoms with Gasteiger partial charge >= 0.3 is 0 Å². The van der Waals surface area contributed by atoms with Crippen LogP contribution < -0.4 is 10.2 Å². The highest BCUT2D eigenvalue weighted by molar-refractivity contribution is 6.05. The lowest BCUT2D eigenvalue weighted by Crippen LogP contribution is -2.35. The Kier molecular flexibility index (Phi) is 4.23. The van der Waals surface area contributed by atoms with Crippen molar-refractivity contribution in [1.82, 2.24) is 15.3 Å². The van der Waals surface area contributed by atoms with Gasteiger partial charge in [-0.1, -0.05) is 48.5 Å². The van der Waals surface area contributed by atoms with Gasteiger partial charge < -0.3 is 10.2 Å². The van der Waals surface area contributed by atoms with Gasteiger partial charge in [0.1, 0.15) is 5.69 Å². The molecule has 0 saturated heterocycles. The first-order valence-electron chi connectivity index (χ1n) is 8.31. The molecule has 124 valence electrons. The van der Waals surface area contributed by atoms with Crippen molar-refractivity contribution in [3.63, 3.8) is 0 Å². The van der Waals surface area contributed by atoms with E-state index in [1.165, 1.54) is 0 Å². The minimum absolute atomic E-state index is 0.122. The highest BCUT2D eigenvalue weighted by Crippen LogP contribution is 2.24. The van der Waals surface area contributed by atoms with E-state index in [4.69, 9.17) is 0 Å². The van der Waals surface area contributed by atoms with Gasteiger partial charge in [-0.3, -0.25) is 9.78 Å². The van der Waals surface area contributed by atoms with E-state index in [0.717, 1.165) is 35.6 Å². The molecule has 1 amide bonds. The Labute approximate surface area is 146 Å². The first-order valence-corrected chi connectivity index (χ1v) is 8.31. The molecule has 3 aromatic rings. The second-order valence-electron chi connectivity index (χ2n) is 5.92. The first kappa shape index (κ1) is 15.5. The zero-order valence-electron chi connectivity index (χ0n) is 13.7. The molecule has 0 bridgehead atoms. The molecule has 1 N–H and O–H groups in total. The lowest BCUT2D eigenvalue weighted by atomic mass is 10.1. The molecule has 2 heterocycles. The number of para-hydroxylation sites is 1. The highest BCUT2D eigenvalue weighted by Gasteiger charge is 2.23. The predicted octanol–water partition coefficient (Wildman–Crippen LogP) is 2.89. The summed E-state index contributed by atoms with van der Waals surface area (Å²) in [7, 11) is 0. The van der Waals surface area contributed by atoms with Crippen molar-refractivity contribution in [3.05, 3.63) is 78.2 Å². The second-order valence-corrected chi connectivity index (χ2v) is 5.92. The van der Waals surface area contributed by atoms with Gasteiger partial charge in [-0.05, 0) is 11.6 Å². The third-order valence-corrected chi connectivity index (χ3v) is 4.30. The Morgan fingerprint density at radius 2 is 1.76 bits per heavy atom. The van der Waals surface area contributed by atoms with Crippen molar-refractivity contribution in [1.29, 1.82) is 0 Å². The van der Waals surface area contributed by atoms with E-state index < -0.39 is 0 Å². The van der Waals surface area contributed by atoms with Gasteiger partial charge in [-0.15, -0.1) is 0 Å². The molecule has 1 aliphatic rings. The quantitative estimate of drug-likeness (QED) is 0.785. The van der Waals surface area contributed by atoms with Crippen LogP contribution in [0.2, 0.25) is 0 Å². The van der Waals surface area contributed by atoms with E-state index in [9.17, 15) is 4.79 Å². The minimum Gasteiger partial charge on any atom is -0.311 e. The number of aromatic nitrogens is 2. The maximum absolute atomic E-state index is 13.0. The van der Waals surface area contributed by atoms with Gasteiger partial charge in [0.25, 0.3) is 5.91 Å². The van der Waals surface area contributed by atoms with E-state index in [1.54, 1.807) is 17.3 Å². The third kappa shape index (κ3) is 3.14. The van der Waals surface area contributed by atoms with E-state index >= 15 is 0 Å². The normalized spacial score (nSPS) is 13.8. The smallest absolute Gasteiger partial charge is 0.278 e. The number of nitrogens with one attached hydrogen (secondary N) is 1. The fourth-order valence-corrected chi connectivity index (χ4v) is 3.00. The number of amides is 1. The summed E-state index contributed by atoms with van der Waals surface area (Å²) in [4.78, 5) is 23.5. The third-order valence-electron chi connectivity index (χ3n) is 4.30. The SMILES string of the molecule is O=C(c1cnc(-c2ccccc2)cn1)N1CCNCc2ccccc21. The van der Waals surface area contributed by atoms with E-state index in [-0.39, 0.29) is 5.91 Å². The van der Waals surface area contributed by atoms with Crippen LogP contribution >= 0.6 is 0 Å². The molecule has 5 heteroatoms. The van der Waals surface area contributed by atoms with Crippen LogP contribution in [-0.4, -0.2) is 29.0 Å². The Bertz CT molecular complexity index is 878. The number of rotatable bonds is 2.